The summed E-state index contributed by atoms with van der Waals surface area (Å²) in [5, 5.41) is 0. The van der Waals surface area contributed by atoms with E-state index in [9.17, 15) is 4.79 Å². The van der Waals surface area contributed by atoms with E-state index in [1.54, 1.807) is 10.7 Å². The van der Waals surface area contributed by atoms with Gasteiger partial charge in [-0.25, -0.2) is 4.68 Å². The Balaban J connectivity index is 3.29. The number of nitrogens with zero attached hydrogens (tertiary/aromatic N) is 2. The minimum Gasteiger partial charge on any atom is -0.286 e. The van der Waals surface area contributed by atoms with Crippen LogP contribution in [0.2, 0.25) is 0 Å². The molecular formula is C10H16N2O. The Labute approximate surface area is 78.3 Å². The van der Waals surface area contributed by atoms with Crippen LogP contribution in [-0.2, 0) is 7.05 Å². The van der Waals surface area contributed by atoms with Crippen LogP contribution in [0.5, 0.6) is 0 Å². The molecule has 13 heavy (non-hydrogen) atoms. The van der Waals surface area contributed by atoms with Crippen molar-refractivity contribution in [1.29, 1.82) is 0 Å². The zero-order valence-electron chi connectivity index (χ0n) is 8.66. The van der Waals surface area contributed by atoms with Crippen LogP contribution in [0.1, 0.15) is 26.0 Å². The van der Waals surface area contributed by atoms with Gasteiger partial charge in [-0.05, 0) is 20.3 Å². The maximum atomic E-state index is 11.5. The molecule has 0 aliphatic rings. The van der Waals surface area contributed by atoms with Gasteiger partial charge in [0, 0.05) is 24.5 Å². The molecule has 0 aliphatic heterocycles. The van der Waals surface area contributed by atoms with Crippen molar-refractivity contribution in [2.24, 2.45) is 7.05 Å². The Morgan fingerprint density at radius 3 is 2.62 bits per heavy atom. The molecule has 1 aromatic rings. The lowest BCUT2D eigenvalue weighted by atomic mass is 10.4. The van der Waals surface area contributed by atoms with Crippen LogP contribution in [0, 0.1) is 6.92 Å². The second-order valence-corrected chi connectivity index (χ2v) is 3.21. The van der Waals surface area contributed by atoms with Crippen LogP contribution in [-0.4, -0.2) is 9.36 Å². The summed E-state index contributed by atoms with van der Waals surface area (Å²) in [4.78, 5) is 11.5. The van der Waals surface area contributed by atoms with Crippen molar-refractivity contribution in [3.63, 3.8) is 0 Å². The molecule has 0 N–H and O–H groups in total. The summed E-state index contributed by atoms with van der Waals surface area (Å²) in [5.41, 5.74) is 2.01. The maximum Gasteiger partial charge on any atom is 0.271 e. The molecule has 0 saturated carbocycles. The molecule has 3 heteroatoms. The number of rotatable bonds is 2. The highest BCUT2D eigenvalue weighted by Gasteiger charge is 2.04. The smallest absolute Gasteiger partial charge is 0.271 e. The molecule has 0 radical (unpaired) electrons. The van der Waals surface area contributed by atoms with Crippen molar-refractivity contribution in [3.8, 4) is 0 Å². The van der Waals surface area contributed by atoms with Crippen molar-refractivity contribution in [1.82, 2.24) is 9.36 Å². The van der Waals surface area contributed by atoms with E-state index in [4.69, 9.17) is 0 Å². The summed E-state index contributed by atoms with van der Waals surface area (Å²) in [6.45, 7) is 5.94. The first kappa shape index (κ1) is 9.84. The standard InChI is InChI=1S/C10H16N2O/c1-5-6-8(2)12-10(13)7-9(3)11(12)4/h6-7H,5H2,1-4H3/b8-6+. The van der Waals surface area contributed by atoms with Gasteiger partial charge in [0.15, 0.2) is 0 Å². The summed E-state index contributed by atoms with van der Waals surface area (Å²) in [6.07, 6.45) is 2.99. The summed E-state index contributed by atoms with van der Waals surface area (Å²) >= 11 is 0. The third-order valence-electron chi connectivity index (χ3n) is 2.19. The molecule has 0 spiro atoms. The molecule has 1 rings (SSSR count). The quantitative estimate of drug-likeness (QED) is 0.681. The monoisotopic (exact) mass is 180 g/mol. The highest BCUT2D eigenvalue weighted by molar-refractivity contribution is 5.40. The van der Waals surface area contributed by atoms with Gasteiger partial charge >= 0.3 is 0 Å². The van der Waals surface area contributed by atoms with Crippen LogP contribution in [0.15, 0.2) is 16.9 Å². The molecule has 1 aromatic heterocycles. The van der Waals surface area contributed by atoms with Gasteiger partial charge in [-0.3, -0.25) is 9.48 Å². The Morgan fingerprint density at radius 1 is 1.62 bits per heavy atom. The molecule has 0 unspecified atom stereocenters. The van der Waals surface area contributed by atoms with Crippen LogP contribution in [0.25, 0.3) is 5.70 Å². The fourth-order valence-corrected chi connectivity index (χ4v) is 1.43. The molecule has 1 heterocycles. The Bertz CT molecular complexity index is 382. The van der Waals surface area contributed by atoms with Crippen LogP contribution in [0.3, 0.4) is 0 Å². The van der Waals surface area contributed by atoms with Gasteiger partial charge in [0.1, 0.15) is 0 Å². The maximum absolute atomic E-state index is 11.5. The molecule has 72 valence electrons. The van der Waals surface area contributed by atoms with E-state index >= 15 is 0 Å². The first-order valence-corrected chi connectivity index (χ1v) is 4.50. The van der Waals surface area contributed by atoms with Gasteiger partial charge < -0.3 is 0 Å². The van der Waals surface area contributed by atoms with E-state index in [2.05, 4.69) is 6.92 Å². The zero-order valence-corrected chi connectivity index (χ0v) is 8.66. The van der Waals surface area contributed by atoms with E-state index in [0.29, 0.717) is 0 Å². The van der Waals surface area contributed by atoms with Crippen LogP contribution in [0.4, 0.5) is 0 Å². The third kappa shape index (κ3) is 1.74. The van der Waals surface area contributed by atoms with Crippen molar-refractivity contribution in [2.45, 2.75) is 27.2 Å². The van der Waals surface area contributed by atoms with Crippen molar-refractivity contribution < 1.29 is 0 Å². The third-order valence-corrected chi connectivity index (χ3v) is 2.19. The van der Waals surface area contributed by atoms with Gasteiger partial charge in [0.2, 0.25) is 0 Å². The molecule has 0 fully saturated rings. The van der Waals surface area contributed by atoms with Gasteiger partial charge in [0.25, 0.3) is 5.56 Å². The number of aromatic nitrogens is 2. The molecule has 0 saturated heterocycles. The lowest BCUT2D eigenvalue weighted by molar-refractivity contribution is 0.637. The first-order chi connectivity index (χ1) is 6.07. The van der Waals surface area contributed by atoms with Crippen LogP contribution < -0.4 is 5.56 Å². The van der Waals surface area contributed by atoms with Crippen molar-refractivity contribution >= 4 is 5.70 Å². The Kier molecular flexibility index (Phi) is 2.76. The van der Waals surface area contributed by atoms with Crippen molar-refractivity contribution in [3.05, 3.63) is 28.2 Å². The molecule has 0 amide bonds. The topological polar surface area (TPSA) is 26.9 Å². The molecule has 0 aromatic carbocycles. The first-order valence-electron chi connectivity index (χ1n) is 4.50. The molecule has 3 nitrogen and oxygen atoms in total. The van der Waals surface area contributed by atoms with E-state index in [1.807, 2.05) is 31.7 Å². The minimum atomic E-state index is 0.0437. The predicted molar refractivity (Wildman–Crippen MR) is 54.6 cm³/mol. The second-order valence-electron chi connectivity index (χ2n) is 3.21. The van der Waals surface area contributed by atoms with Crippen molar-refractivity contribution in [2.75, 3.05) is 0 Å². The summed E-state index contributed by atoms with van der Waals surface area (Å²) in [7, 11) is 1.89. The van der Waals surface area contributed by atoms with E-state index in [1.165, 1.54) is 0 Å². The highest BCUT2D eigenvalue weighted by Crippen LogP contribution is 2.03. The molecule has 0 bridgehead atoms. The van der Waals surface area contributed by atoms with E-state index < -0.39 is 0 Å². The van der Waals surface area contributed by atoms with Gasteiger partial charge in [-0.1, -0.05) is 13.0 Å². The normalized spacial score (nSPS) is 12.2. The van der Waals surface area contributed by atoms with Gasteiger partial charge in [0.05, 0.1) is 0 Å². The molecular weight excluding hydrogens is 164 g/mol. The average Bonchev–Trinajstić information content (AvgIpc) is 2.27. The predicted octanol–water partition coefficient (Wildman–Crippen LogP) is 1.77. The summed E-state index contributed by atoms with van der Waals surface area (Å²) in [5.74, 6) is 0. The van der Waals surface area contributed by atoms with E-state index in [-0.39, 0.29) is 5.56 Å². The number of aryl methyl sites for hydroxylation is 1. The van der Waals surface area contributed by atoms with Gasteiger partial charge in [-0.15, -0.1) is 0 Å². The molecule has 0 atom stereocenters. The largest absolute Gasteiger partial charge is 0.286 e. The zero-order chi connectivity index (χ0) is 10.0. The Morgan fingerprint density at radius 2 is 2.23 bits per heavy atom. The van der Waals surface area contributed by atoms with Crippen LogP contribution >= 0.6 is 0 Å². The average molecular weight is 180 g/mol. The number of hydrogen-bond acceptors (Lipinski definition) is 1. The van der Waals surface area contributed by atoms with E-state index in [0.717, 1.165) is 17.8 Å². The van der Waals surface area contributed by atoms with Gasteiger partial charge in [-0.2, -0.15) is 0 Å². The fourth-order valence-electron chi connectivity index (χ4n) is 1.43. The molecule has 0 aliphatic carbocycles. The number of hydrogen-bond donors (Lipinski definition) is 0. The minimum absolute atomic E-state index is 0.0437. The fraction of sp³-hybridized carbons (Fsp3) is 0.500. The highest BCUT2D eigenvalue weighted by atomic mass is 16.1. The lowest BCUT2D eigenvalue weighted by Crippen LogP contribution is -2.19. The number of allylic oxidation sites excluding steroid dienone is 2. The lowest BCUT2D eigenvalue weighted by Gasteiger charge is -2.08. The SMILES string of the molecule is CC/C=C(\C)n1c(=O)cc(C)n1C. The summed E-state index contributed by atoms with van der Waals surface area (Å²) < 4.78 is 3.54. The summed E-state index contributed by atoms with van der Waals surface area (Å²) in [6, 6.07) is 1.65. The Hall–Kier alpha value is -1.25. The second kappa shape index (κ2) is 3.64.